The second kappa shape index (κ2) is 13.1. The lowest BCUT2D eigenvalue weighted by molar-refractivity contribution is 0.102. The Morgan fingerprint density at radius 1 is 0.789 bits per heavy atom. The van der Waals surface area contributed by atoms with E-state index in [9.17, 15) is 4.79 Å². The van der Waals surface area contributed by atoms with E-state index in [4.69, 9.17) is 19.2 Å². The lowest BCUT2D eigenvalue weighted by Gasteiger charge is -2.16. The number of anilines is 1. The molecule has 0 aliphatic carbocycles. The molecule has 1 amide bonds. The van der Waals surface area contributed by atoms with E-state index >= 15 is 0 Å². The Morgan fingerprint density at radius 2 is 1.37 bits per heavy atom. The Kier molecular flexibility index (Phi) is 9.38. The van der Waals surface area contributed by atoms with Crippen LogP contribution in [0.15, 0.2) is 66.7 Å². The molecule has 0 aliphatic heterocycles. The van der Waals surface area contributed by atoms with Gasteiger partial charge in [0.05, 0.1) is 25.5 Å². The van der Waals surface area contributed by atoms with E-state index in [0.29, 0.717) is 47.8 Å². The smallest absolute Gasteiger partial charge is 0.257 e. The van der Waals surface area contributed by atoms with E-state index in [2.05, 4.69) is 48.6 Å². The summed E-state index contributed by atoms with van der Waals surface area (Å²) in [6.07, 6.45) is 1.87. The minimum absolute atomic E-state index is 0.280. The summed E-state index contributed by atoms with van der Waals surface area (Å²) in [5.41, 5.74) is 4.68. The number of carbonyl (C=O) groups excluding carboxylic acids is 1. The van der Waals surface area contributed by atoms with Crippen LogP contribution in [0.25, 0.3) is 22.4 Å². The zero-order valence-corrected chi connectivity index (χ0v) is 23.2. The first-order valence-corrected chi connectivity index (χ1v) is 13.9. The molecule has 0 spiro atoms. The summed E-state index contributed by atoms with van der Waals surface area (Å²) in [7, 11) is 0. The summed E-state index contributed by atoms with van der Waals surface area (Å²) in [6.45, 7) is 9.16. The van der Waals surface area contributed by atoms with Crippen LogP contribution in [-0.2, 0) is 6.42 Å². The standard InChI is InChI=1S/C31H34N2O4S/c1-5-12-27-28(23-17-15-22(16-18-23)21-13-10-9-11-14-21)32-31(38-27)33-30(34)24-19-25(35-6-2)29(37-8-4)26(20-24)36-7-3/h9-11,13-20H,5-8,12H2,1-4H3,(H,32,33,34). The molecular weight excluding hydrogens is 496 g/mol. The fourth-order valence-electron chi connectivity index (χ4n) is 4.17. The van der Waals surface area contributed by atoms with Crippen molar-refractivity contribution in [2.24, 2.45) is 0 Å². The average molecular weight is 531 g/mol. The van der Waals surface area contributed by atoms with Crippen molar-refractivity contribution < 1.29 is 19.0 Å². The highest BCUT2D eigenvalue weighted by molar-refractivity contribution is 7.16. The molecule has 7 heteroatoms. The number of hydrogen-bond acceptors (Lipinski definition) is 6. The van der Waals surface area contributed by atoms with E-state index in [-0.39, 0.29) is 5.91 Å². The van der Waals surface area contributed by atoms with Gasteiger partial charge in [-0.3, -0.25) is 10.1 Å². The summed E-state index contributed by atoms with van der Waals surface area (Å²) in [5, 5.41) is 3.55. The van der Waals surface area contributed by atoms with Gasteiger partial charge in [0.1, 0.15) is 0 Å². The molecule has 6 nitrogen and oxygen atoms in total. The number of aromatic nitrogens is 1. The summed E-state index contributed by atoms with van der Waals surface area (Å²) in [6, 6.07) is 22.1. The van der Waals surface area contributed by atoms with Crippen LogP contribution in [0.5, 0.6) is 17.2 Å². The highest BCUT2D eigenvalue weighted by Gasteiger charge is 2.20. The molecule has 38 heavy (non-hydrogen) atoms. The van der Waals surface area contributed by atoms with E-state index < -0.39 is 0 Å². The number of nitrogens with zero attached hydrogens (tertiary/aromatic N) is 1. The van der Waals surface area contributed by atoms with Gasteiger partial charge in [0.25, 0.3) is 5.91 Å². The maximum atomic E-state index is 13.3. The molecule has 0 radical (unpaired) electrons. The Balaban J connectivity index is 1.61. The first kappa shape index (κ1) is 27.2. The fourth-order valence-corrected chi connectivity index (χ4v) is 5.25. The van der Waals surface area contributed by atoms with Crippen molar-refractivity contribution >= 4 is 22.4 Å². The lowest BCUT2D eigenvalue weighted by Crippen LogP contribution is -2.13. The molecule has 4 aromatic rings. The first-order chi connectivity index (χ1) is 18.6. The van der Waals surface area contributed by atoms with Crippen molar-refractivity contribution in [1.82, 2.24) is 4.98 Å². The zero-order valence-electron chi connectivity index (χ0n) is 22.4. The van der Waals surface area contributed by atoms with Crippen LogP contribution in [0.3, 0.4) is 0 Å². The van der Waals surface area contributed by atoms with Gasteiger partial charge in [-0.05, 0) is 50.5 Å². The zero-order chi connectivity index (χ0) is 26.9. The van der Waals surface area contributed by atoms with Crippen molar-refractivity contribution in [3.8, 4) is 39.6 Å². The number of carbonyl (C=O) groups is 1. The van der Waals surface area contributed by atoms with Crippen molar-refractivity contribution in [2.45, 2.75) is 40.5 Å². The van der Waals surface area contributed by atoms with Crippen LogP contribution in [0.2, 0.25) is 0 Å². The third-order valence-electron chi connectivity index (χ3n) is 5.83. The Labute approximate surface area is 228 Å². The first-order valence-electron chi connectivity index (χ1n) is 13.1. The molecule has 0 atom stereocenters. The summed E-state index contributed by atoms with van der Waals surface area (Å²) < 4.78 is 17.3. The van der Waals surface area contributed by atoms with Gasteiger partial charge in [-0.2, -0.15) is 0 Å². The predicted molar refractivity (Wildman–Crippen MR) is 155 cm³/mol. The van der Waals surface area contributed by atoms with Gasteiger partial charge in [-0.25, -0.2) is 4.98 Å². The van der Waals surface area contributed by atoms with Crippen LogP contribution < -0.4 is 19.5 Å². The Morgan fingerprint density at radius 3 is 1.95 bits per heavy atom. The highest BCUT2D eigenvalue weighted by atomic mass is 32.1. The van der Waals surface area contributed by atoms with Gasteiger partial charge >= 0.3 is 0 Å². The summed E-state index contributed by atoms with van der Waals surface area (Å²) >= 11 is 1.51. The van der Waals surface area contributed by atoms with Gasteiger partial charge < -0.3 is 14.2 Å². The van der Waals surface area contributed by atoms with Crippen LogP contribution >= 0.6 is 11.3 Å². The molecule has 4 rings (SSSR count). The number of thiazole rings is 1. The number of amides is 1. The molecule has 1 aromatic heterocycles. The van der Waals surface area contributed by atoms with Gasteiger partial charge in [0, 0.05) is 16.0 Å². The molecule has 0 fully saturated rings. The number of aryl methyl sites for hydroxylation is 1. The molecule has 1 N–H and O–H groups in total. The number of hydrogen-bond donors (Lipinski definition) is 1. The lowest BCUT2D eigenvalue weighted by atomic mass is 10.0. The van der Waals surface area contributed by atoms with Crippen LogP contribution in [0, 0.1) is 0 Å². The average Bonchev–Trinajstić information content (AvgIpc) is 3.33. The minimum atomic E-state index is -0.280. The summed E-state index contributed by atoms with van der Waals surface area (Å²) in [5.74, 6) is 1.19. The molecule has 198 valence electrons. The molecule has 0 bridgehead atoms. The van der Waals surface area contributed by atoms with Crippen LogP contribution in [-0.4, -0.2) is 30.7 Å². The second-order valence-electron chi connectivity index (χ2n) is 8.54. The van der Waals surface area contributed by atoms with Crippen molar-refractivity contribution in [2.75, 3.05) is 25.1 Å². The third-order valence-corrected chi connectivity index (χ3v) is 6.86. The normalized spacial score (nSPS) is 10.7. The molecule has 0 aliphatic rings. The molecule has 0 saturated carbocycles. The number of nitrogens with one attached hydrogen (secondary N) is 1. The largest absolute Gasteiger partial charge is 0.490 e. The number of rotatable bonds is 12. The number of benzene rings is 3. The molecule has 3 aromatic carbocycles. The Hall–Kier alpha value is -3.84. The van der Waals surface area contributed by atoms with E-state index in [0.717, 1.165) is 34.5 Å². The maximum Gasteiger partial charge on any atom is 0.257 e. The van der Waals surface area contributed by atoms with Gasteiger partial charge in [-0.1, -0.05) is 67.9 Å². The van der Waals surface area contributed by atoms with E-state index in [1.54, 1.807) is 12.1 Å². The van der Waals surface area contributed by atoms with Crippen molar-refractivity contribution in [3.63, 3.8) is 0 Å². The number of ether oxygens (including phenoxy) is 3. The van der Waals surface area contributed by atoms with E-state index in [1.807, 2.05) is 39.0 Å². The van der Waals surface area contributed by atoms with Crippen LogP contribution in [0.4, 0.5) is 5.13 Å². The fraction of sp³-hybridized carbons (Fsp3) is 0.290. The van der Waals surface area contributed by atoms with Gasteiger partial charge in [-0.15, -0.1) is 11.3 Å². The molecule has 1 heterocycles. The minimum Gasteiger partial charge on any atom is -0.490 e. The quantitative estimate of drug-likeness (QED) is 0.202. The third kappa shape index (κ3) is 6.34. The monoisotopic (exact) mass is 530 g/mol. The highest BCUT2D eigenvalue weighted by Crippen LogP contribution is 2.40. The predicted octanol–water partition coefficient (Wildman–Crippen LogP) is 7.88. The topological polar surface area (TPSA) is 69.7 Å². The molecule has 0 saturated heterocycles. The van der Waals surface area contributed by atoms with E-state index in [1.165, 1.54) is 16.9 Å². The van der Waals surface area contributed by atoms with Gasteiger partial charge in [0.15, 0.2) is 16.6 Å². The molecular formula is C31H34N2O4S. The second-order valence-corrected chi connectivity index (χ2v) is 9.62. The van der Waals surface area contributed by atoms with Crippen LogP contribution in [0.1, 0.15) is 49.4 Å². The van der Waals surface area contributed by atoms with Gasteiger partial charge in [0.2, 0.25) is 5.75 Å². The van der Waals surface area contributed by atoms with Crippen molar-refractivity contribution in [1.29, 1.82) is 0 Å². The van der Waals surface area contributed by atoms with Crippen molar-refractivity contribution in [3.05, 3.63) is 77.2 Å². The SMILES string of the molecule is CCCc1sc(NC(=O)c2cc(OCC)c(OCC)c(OCC)c2)nc1-c1ccc(-c2ccccc2)cc1. The Bertz CT molecular complexity index is 1320. The maximum absolute atomic E-state index is 13.3. The molecule has 0 unspecified atom stereocenters. The summed E-state index contributed by atoms with van der Waals surface area (Å²) in [4.78, 5) is 19.3.